The van der Waals surface area contributed by atoms with Gasteiger partial charge in [0.05, 0.1) is 0 Å². The number of β-lactam (4-membered cyclic amide) rings is 1. The number of thiazole rings is 1. The summed E-state index contributed by atoms with van der Waals surface area (Å²) in [6, 6.07) is 13.2. The summed E-state index contributed by atoms with van der Waals surface area (Å²) in [7, 11) is 0. The van der Waals surface area contributed by atoms with E-state index in [0.29, 0.717) is 30.7 Å². The van der Waals surface area contributed by atoms with Crippen molar-refractivity contribution in [1.29, 1.82) is 0 Å². The zero-order chi connectivity index (χ0) is 40.9. The number of oxime groups is 1. The molecule has 3 aliphatic heterocycles. The molecule has 0 spiro atoms. The van der Waals surface area contributed by atoms with Crippen LogP contribution < -0.4 is 20.7 Å². The van der Waals surface area contributed by atoms with E-state index in [1.807, 2.05) is 42.7 Å². The van der Waals surface area contributed by atoms with Gasteiger partial charge in [0.25, 0.3) is 11.8 Å². The van der Waals surface area contributed by atoms with Gasteiger partial charge in [0.2, 0.25) is 5.91 Å². The van der Waals surface area contributed by atoms with E-state index in [2.05, 4.69) is 32.2 Å². The van der Waals surface area contributed by atoms with Gasteiger partial charge in [-0.2, -0.15) is 13.2 Å². The molecular formula is C37H36F3N7O8S2. The summed E-state index contributed by atoms with van der Waals surface area (Å²) >= 11 is 2.47. The Labute approximate surface area is 331 Å². The van der Waals surface area contributed by atoms with Crippen molar-refractivity contribution in [3.05, 3.63) is 100.0 Å². The number of amides is 3. The van der Waals surface area contributed by atoms with Gasteiger partial charge in [-0.25, -0.2) is 14.3 Å². The van der Waals surface area contributed by atoms with Crippen molar-refractivity contribution in [2.45, 2.75) is 68.9 Å². The van der Waals surface area contributed by atoms with Crippen molar-refractivity contribution in [2.75, 3.05) is 18.0 Å². The van der Waals surface area contributed by atoms with Gasteiger partial charge in [0.1, 0.15) is 34.9 Å². The van der Waals surface area contributed by atoms with Crippen LogP contribution in [-0.4, -0.2) is 91.3 Å². The van der Waals surface area contributed by atoms with Crippen molar-refractivity contribution in [2.24, 2.45) is 5.16 Å². The van der Waals surface area contributed by atoms with Crippen molar-refractivity contribution >= 4 is 63.6 Å². The molecule has 2 atom stereocenters. The topological polar surface area (TPSA) is 212 Å². The first-order valence-electron chi connectivity index (χ1n) is 17.7. The van der Waals surface area contributed by atoms with Crippen LogP contribution in [-0.2, 0) is 41.9 Å². The average molecular weight is 828 g/mol. The number of thioether (sulfide) groups is 1. The third kappa shape index (κ3) is 9.80. The Hall–Kier alpha value is -5.76. The maximum atomic E-state index is 13.4. The number of fused-ring (bicyclic) bond motifs is 1. The summed E-state index contributed by atoms with van der Waals surface area (Å²) in [6.45, 7) is 1.68. The predicted octanol–water partition coefficient (Wildman–Crippen LogP) is 2.12. The second-order valence-electron chi connectivity index (χ2n) is 13.4. The summed E-state index contributed by atoms with van der Waals surface area (Å²) < 4.78 is 33.6. The molecule has 0 bridgehead atoms. The predicted molar refractivity (Wildman–Crippen MR) is 197 cm³/mol. The first-order valence-corrected chi connectivity index (χ1v) is 19.6. The first kappa shape index (κ1) is 40.9. The van der Waals surface area contributed by atoms with Gasteiger partial charge in [0.15, 0.2) is 29.8 Å². The van der Waals surface area contributed by atoms with Gasteiger partial charge in [-0.3, -0.25) is 19.3 Å². The second kappa shape index (κ2) is 17.6. The number of anilines is 1. The van der Waals surface area contributed by atoms with Gasteiger partial charge < -0.3 is 35.8 Å². The largest absolute Gasteiger partial charge is 0.542 e. The number of hydrogen-bond donors (Lipinski definition) is 3. The first-order chi connectivity index (χ1) is 27.2. The molecule has 1 saturated carbocycles. The standard InChI is InChI=1S/C35H35N7O6S2.C2HF3O2/c36-35-37-26(20-50-35)27(39-48-25-8-4-5-9-25)30(43)38-28-32(45)42-29(34(46)47)24(19-49-33(28)42)16-23-12-15-41(31(23)44)18-22-10-13-40(14-11-22)17-21-6-2-1-3-7-21;3-2(4,5)1(6)7/h1-3,6-7,10-11,13-14,16,20,25,28,33H,4-5,8-9,12,15,17-19H2,(H3-,36,37,38,43,46,47);(H,6,7)/b23-16+,39-27-;/t28-,33-;/m1./s1. The van der Waals surface area contributed by atoms with E-state index >= 15 is 0 Å². The summed E-state index contributed by atoms with van der Waals surface area (Å²) in [5, 5.41) is 27.0. The zero-order valence-electron chi connectivity index (χ0n) is 30.0. The number of carbonyl (C=O) groups is 5. The van der Waals surface area contributed by atoms with E-state index < -0.39 is 41.3 Å². The van der Waals surface area contributed by atoms with Gasteiger partial charge in [-0.15, -0.1) is 23.1 Å². The lowest BCUT2D eigenvalue weighted by molar-refractivity contribution is -0.688. The molecule has 3 aromatic rings. The van der Waals surface area contributed by atoms with Gasteiger partial charge in [-0.1, -0.05) is 35.5 Å². The highest BCUT2D eigenvalue weighted by Gasteiger charge is 2.54. The highest BCUT2D eigenvalue weighted by molar-refractivity contribution is 8.00. The smallest absolute Gasteiger partial charge is 0.430 e. The molecule has 3 amide bonds. The Morgan fingerprint density at radius 3 is 2.40 bits per heavy atom. The Kier molecular flexibility index (Phi) is 12.6. The number of pyridine rings is 1. The van der Waals surface area contributed by atoms with Crippen molar-refractivity contribution < 1.29 is 56.8 Å². The molecule has 5 heterocycles. The minimum absolute atomic E-state index is 0.0949. The number of hydrogen-bond acceptors (Lipinski definition) is 12. The number of nitrogen functional groups attached to an aromatic ring is 1. The van der Waals surface area contributed by atoms with Crippen LogP contribution in [0.15, 0.2) is 88.3 Å². The number of nitrogens with one attached hydrogen (secondary N) is 1. The maximum Gasteiger partial charge on any atom is 0.430 e. The van der Waals surface area contributed by atoms with E-state index in [-0.39, 0.29) is 40.0 Å². The highest BCUT2D eigenvalue weighted by atomic mass is 32.2. The van der Waals surface area contributed by atoms with Crippen LogP contribution in [0.4, 0.5) is 18.3 Å². The molecule has 3 fully saturated rings. The summed E-state index contributed by atoms with van der Waals surface area (Å²) in [4.78, 5) is 74.3. The number of halogens is 3. The summed E-state index contributed by atoms with van der Waals surface area (Å²) in [5.74, 6) is -5.43. The van der Waals surface area contributed by atoms with E-state index in [9.17, 15) is 37.5 Å². The molecule has 0 unspecified atom stereocenters. The van der Waals surface area contributed by atoms with E-state index in [0.717, 1.165) is 49.1 Å². The molecule has 300 valence electrons. The summed E-state index contributed by atoms with van der Waals surface area (Å²) in [6.07, 6.45) is 4.47. The number of alkyl halides is 3. The van der Waals surface area contributed by atoms with Crippen molar-refractivity contribution in [3.8, 4) is 0 Å². The fourth-order valence-electron chi connectivity index (χ4n) is 6.56. The lowest BCUT2D eigenvalue weighted by Gasteiger charge is -2.49. The summed E-state index contributed by atoms with van der Waals surface area (Å²) in [5.41, 5.74) is 8.82. The van der Waals surface area contributed by atoms with E-state index in [4.69, 9.17) is 20.5 Å². The molecule has 1 aromatic carbocycles. The molecule has 0 radical (unpaired) electrons. The highest BCUT2D eigenvalue weighted by Crippen LogP contribution is 2.41. The number of nitrogens with two attached hydrogens (primary N) is 1. The number of likely N-dealkylation sites (tertiary alicyclic amines) is 1. The SMILES string of the molecule is Nc1nc(/C(=N/OC2CCCC2)C(=O)N[C@@H]2C(=O)N3C(C(=O)O)=C(/C=C4\CCN(Cc5cc[n+](Cc6ccccc6)cc5)C4=O)CS[C@H]23)cs1.O=C([O-])C(F)(F)F. The van der Waals surface area contributed by atoms with Gasteiger partial charge in [0, 0.05) is 47.5 Å². The molecule has 20 heteroatoms. The Morgan fingerprint density at radius 1 is 1.11 bits per heavy atom. The fourth-order valence-corrected chi connectivity index (χ4v) is 8.41. The van der Waals surface area contributed by atoms with Crippen molar-refractivity contribution in [3.63, 3.8) is 0 Å². The normalized spacial score (nSPS) is 20.5. The Morgan fingerprint density at radius 2 is 1.79 bits per heavy atom. The number of benzene rings is 1. The molecule has 2 saturated heterocycles. The van der Waals surface area contributed by atoms with Crippen LogP contribution in [0.1, 0.15) is 48.9 Å². The Bertz CT molecular complexity index is 2120. The molecule has 4 N–H and O–H groups in total. The van der Waals surface area contributed by atoms with Gasteiger partial charge >= 0.3 is 12.1 Å². The average Bonchev–Trinajstić information content (AvgIpc) is 3.94. The fraction of sp³-hybridized carbons (Fsp3) is 0.351. The number of aromatic nitrogens is 2. The van der Waals surface area contributed by atoms with E-state index in [1.165, 1.54) is 22.2 Å². The molecular weight excluding hydrogens is 792 g/mol. The quantitative estimate of drug-likeness (QED) is 0.0838. The lowest BCUT2D eigenvalue weighted by atomic mass is 10.0. The minimum Gasteiger partial charge on any atom is -0.542 e. The number of carboxylic acid groups (broad SMARTS) is 2. The van der Waals surface area contributed by atoms with Crippen LogP contribution in [0.2, 0.25) is 0 Å². The maximum absolute atomic E-state index is 13.4. The molecule has 7 rings (SSSR count). The van der Waals surface area contributed by atoms with Gasteiger partial charge in [-0.05, 0) is 49.3 Å². The number of allylic oxidation sites excluding steroid dienone is 1. The number of carboxylic acids is 2. The lowest BCUT2D eigenvalue weighted by Crippen LogP contribution is -2.71. The minimum atomic E-state index is -5.19. The molecule has 4 aliphatic rings. The number of rotatable bonds is 11. The zero-order valence-corrected chi connectivity index (χ0v) is 31.6. The van der Waals surface area contributed by atoms with E-state index in [1.54, 1.807) is 16.4 Å². The number of nitrogens with zero attached hydrogens (tertiary/aromatic N) is 5. The third-order valence-electron chi connectivity index (χ3n) is 9.40. The number of carbonyl (C=O) groups excluding carboxylic acids is 4. The Balaban J connectivity index is 0.000000719. The molecule has 2 aromatic heterocycles. The van der Waals surface area contributed by atoms with Crippen LogP contribution in [0.5, 0.6) is 0 Å². The number of aliphatic carboxylic acids is 2. The molecule has 57 heavy (non-hydrogen) atoms. The monoisotopic (exact) mass is 827 g/mol. The molecule has 1 aliphatic carbocycles. The van der Waals surface area contributed by atoms with Crippen LogP contribution in [0.25, 0.3) is 0 Å². The third-order valence-corrected chi connectivity index (χ3v) is 11.4. The second-order valence-corrected chi connectivity index (χ2v) is 15.4. The van der Waals surface area contributed by atoms with Crippen LogP contribution >= 0.6 is 23.1 Å². The van der Waals surface area contributed by atoms with Crippen LogP contribution in [0.3, 0.4) is 0 Å². The molecule has 15 nitrogen and oxygen atoms in total. The van der Waals surface area contributed by atoms with Crippen LogP contribution in [0, 0.1) is 0 Å². The van der Waals surface area contributed by atoms with Crippen molar-refractivity contribution in [1.82, 2.24) is 20.1 Å².